The Kier molecular flexibility index (Phi) is 7.49. The first-order chi connectivity index (χ1) is 7.33. The zero-order valence-electron chi connectivity index (χ0n) is 10.3. The van der Waals surface area contributed by atoms with Gasteiger partial charge in [-0.05, 0) is 63.4 Å². The quantitative estimate of drug-likeness (QED) is 0.674. The van der Waals surface area contributed by atoms with Crippen LogP contribution in [0.25, 0.3) is 0 Å². The van der Waals surface area contributed by atoms with Gasteiger partial charge < -0.3 is 10.2 Å². The first kappa shape index (κ1) is 13.3. The van der Waals surface area contributed by atoms with E-state index in [9.17, 15) is 0 Å². The molecule has 1 rings (SSSR count). The Hall–Kier alpha value is 0.270. The fourth-order valence-corrected chi connectivity index (χ4v) is 2.81. The topological polar surface area (TPSA) is 15.3 Å². The summed E-state index contributed by atoms with van der Waals surface area (Å²) in [6.45, 7) is 7.25. The summed E-state index contributed by atoms with van der Waals surface area (Å²) in [4.78, 5) is 2.51. The number of rotatable bonds is 7. The largest absolute Gasteiger partial charge is 0.316 e. The van der Waals surface area contributed by atoms with Crippen LogP contribution in [0.4, 0.5) is 0 Å². The van der Waals surface area contributed by atoms with Crippen molar-refractivity contribution in [2.75, 3.05) is 44.7 Å². The van der Waals surface area contributed by atoms with Crippen LogP contribution in [-0.2, 0) is 0 Å². The Bertz CT molecular complexity index is 147. The van der Waals surface area contributed by atoms with Gasteiger partial charge in [-0.1, -0.05) is 6.92 Å². The van der Waals surface area contributed by atoms with Crippen LogP contribution in [0.15, 0.2) is 0 Å². The second-order valence-corrected chi connectivity index (χ2v) is 5.92. The second kappa shape index (κ2) is 8.43. The van der Waals surface area contributed by atoms with Crippen molar-refractivity contribution < 1.29 is 0 Å². The monoisotopic (exact) mass is 230 g/mol. The van der Waals surface area contributed by atoms with E-state index in [0.29, 0.717) is 0 Å². The number of hydrogen-bond acceptors (Lipinski definition) is 3. The van der Waals surface area contributed by atoms with Gasteiger partial charge >= 0.3 is 0 Å². The molecule has 0 spiro atoms. The van der Waals surface area contributed by atoms with Crippen molar-refractivity contribution in [3.63, 3.8) is 0 Å². The van der Waals surface area contributed by atoms with Crippen LogP contribution < -0.4 is 5.32 Å². The van der Waals surface area contributed by atoms with Crippen molar-refractivity contribution >= 4 is 11.8 Å². The van der Waals surface area contributed by atoms with E-state index in [1.807, 2.05) is 0 Å². The third kappa shape index (κ3) is 6.44. The van der Waals surface area contributed by atoms with Gasteiger partial charge in [0.1, 0.15) is 0 Å². The zero-order valence-corrected chi connectivity index (χ0v) is 11.1. The molecule has 15 heavy (non-hydrogen) atoms. The van der Waals surface area contributed by atoms with Gasteiger partial charge in [0.15, 0.2) is 0 Å². The highest BCUT2D eigenvalue weighted by atomic mass is 32.2. The van der Waals surface area contributed by atoms with Crippen LogP contribution >= 0.6 is 11.8 Å². The van der Waals surface area contributed by atoms with Gasteiger partial charge in [-0.15, -0.1) is 0 Å². The van der Waals surface area contributed by atoms with Crippen LogP contribution in [0, 0.1) is 5.92 Å². The molecule has 0 aromatic rings. The molecule has 3 heteroatoms. The van der Waals surface area contributed by atoms with Gasteiger partial charge in [0.2, 0.25) is 0 Å². The first-order valence-corrected chi connectivity index (χ1v) is 7.45. The summed E-state index contributed by atoms with van der Waals surface area (Å²) in [5.74, 6) is 3.47. The maximum atomic E-state index is 3.49. The third-order valence-electron chi connectivity index (χ3n) is 3.00. The summed E-state index contributed by atoms with van der Waals surface area (Å²) in [5, 5.41) is 3.49. The van der Waals surface area contributed by atoms with E-state index in [2.05, 4.69) is 35.9 Å². The minimum atomic E-state index is 0.891. The lowest BCUT2D eigenvalue weighted by Gasteiger charge is -2.27. The summed E-state index contributed by atoms with van der Waals surface area (Å²) in [6.07, 6.45) is 4.13. The van der Waals surface area contributed by atoms with Crippen LogP contribution in [-0.4, -0.2) is 49.6 Å². The Morgan fingerprint density at radius 3 is 3.00 bits per heavy atom. The summed E-state index contributed by atoms with van der Waals surface area (Å²) in [7, 11) is 2.27. The van der Waals surface area contributed by atoms with Gasteiger partial charge in [-0.2, -0.15) is 11.8 Å². The van der Waals surface area contributed by atoms with E-state index in [4.69, 9.17) is 0 Å². The van der Waals surface area contributed by atoms with E-state index >= 15 is 0 Å². The lowest BCUT2D eigenvalue weighted by atomic mass is 9.99. The molecule has 1 aliphatic heterocycles. The zero-order chi connectivity index (χ0) is 10.9. The molecule has 0 aromatic heterocycles. The number of nitrogens with zero attached hydrogens (tertiary/aromatic N) is 1. The minimum Gasteiger partial charge on any atom is -0.316 e. The molecule has 0 amide bonds. The predicted molar refractivity (Wildman–Crippen MR) is 70.7 cm³/mol. The lowest BCUT2D eigenvalue weighted by Crippen LogP contribution is -2.37. The third-order valence-corrected chi connectivity index (χ3v) is 3.99. The van der Waals surface area contributed by atoms with Gasteiger partial charge in [-0.3, -0.25) is 0 Å². The highest BCUT2D eigenvalue weighted by Crippen LogP contribution is 2.11. The normalized spacial score (nSPS) is 22.2. The summed E-state index contributed by atoms with van der Waals surface area (Å²) in [6, 6.07) is 0. The van der Waals surface area contributed by atoms with Crippen molar-refractivity contribution in [3.05, 3.63) is 0 Å². The fraction of sp³-hybridized carbons (Fsp3) is 1.00. The SMILES string of the molecule is CCSCCCN(C)CC1CCCNC1. The van der Waals surface area contributed by atoms with Crippen molar-refractivity contribution in [3.8, 4) is 0 Å². The standard InChI is InChI=1S/C12H26N2S/c1-3-15-9-5-8-14(2)11-12-6-4-7-13-10-12/h12-13H,3-11H2,1-2H3. The molecule has 1 saturated heterocycles. The molecule has 1 atom stereocenters. The molecule has 1 N–H and O–H groups in total. The molecule has 2 nitrogen and oxygen atoms in total. The summed E-state index contributed by atoms with van der Waals surface area (Å²) < 4.78 is 0. The Morgan fingerprint density at radius 1 is 1.47 bits per heavy atom. The van der Waals surface area contributed by atoms with E-state index < -0.39 is 0 Å². The average Bonchev–Trinajstić information content (AvgIpc) is 2.26. The number of piperidine rings is 1. The molecule has 0 radical (unpaired) electrons. The smallest absolute Gasteiger partial charge is 0.00188 e. The maximum Gasteiger partial charge on any atom is 0.00188 e. The van der Waals surface area contributed by atoms with Gasteiger partial charge in [-0.25, -0.2) is 0 Å². The molecular weight excluding hydrogens is 204 g/mol. The number of hydrogen-bond donors (Lipinski definition) is 1. The molecule has 1 fully saturated rings. The van der Waals surface area contributed by atoms with Crippen LogP contribution in [0.3, 0.4) is 0 Å². The molecule has 1 unspecified atom stereocenters. The Morgan fingerprint density at radius 2 is 2.33 bits per heavy atom. The average molecular weight is 230 g/mol. The lowest BCUT2D eigenvalue weighted by molar-refractivity contribution is 0.244. The van der Waals surface area contributed by atoms with Crippen molar-refractivity contribution in [2.24, 2.45) is 5.92 Å². The first-order valence-electron chi connectivity index (χ1n) is 6.30. The van der Waals surface area contributed by atoms with E-state index in [0.717, 1.165) is 5.92 Å². The van der Waals surface area contributed by atoms with Gasteiger partial charge in [0.25, 0.3) is 0 Å². The molecule has 1 heterocycles. The maximum absolute atomic E-state index is 3.49. The molecule has 0 bridgehead atoms. The minimum absolute atomic E-state index is 0.891. The molecule has 0 saturated carbocycles. The second-order valence-electron chi connectivity index (χ2n) is 4.53. The van der Waals surface area contributed by atoms with Gasteiger partial charge in [0.05, 0.1) is 0 Å². The van der Waals surface area contributed by atoms with E-state index in [1.165, 1.54) is 56.9 Å². The summed E-state index contributed by atoms with van der Waals surface area (Å²) >= 11 is 2.06. The van der Waals surface area contributed by atoms with E-state index in [1.54, 1.807) is 0 Å². The fourth-order valence-electron chi connectivity index (χ4n) is 2.19. The van der Waals surface area contributed by atoms with Gasteiger partial charge in [0, 0.05) is 6.54 Å². The van der Waals surface area contributed by atoms with Crippen molar-refractivity contribution in [1.29, 1.82) is 0 Å². The molecule has 0 aromatic carbocycles. The summed E-state index contributed by atoms with van der Waals surface area (Å²) in [5.41, 5.74) is 0. The van der Waals surface area contributed by atoms with Crippen molar-refractivity contribution in [2.45, 2.75) is 26.2 Å². The molecule has 90 valence electrons. The van der Waals surface area contributed by atoms with Crippen molar-refractivity contribution in [1.82, 2.24) is 10.2 Å². The molecule has 0 aliphatic carbocycles. The number of nitrogens with one attached hydrogen (secondary N) is 1. The molecule has 1 aliphatic rings. The van der Waals surface area contributed by atoms with Crippen LogP contribution in [0.1, 0.15) is 26.2 Å². The molecular formula is C12H26N2S. The Balaban J connectivity index is 1.98. The number of thioether (sulfide) groups is 1. The van der Waals surface area contributed by atoms with E-state index in [-0.39, 0.29) is 0 Å². The highest BCUT2D eigenvalue weighted by Gasteiger charge is 2.14. The van der Waals surface area contributed by atoms with Crippen LogP contribution in [0.5, 0.6) is 0 Å². The predicted octanol–water partition coefficient (Wildman–Crippen LogP) is 2.06. The van der Waals surface area contributed by atoms with Crippen LogP contribution in [0.2, 0.25) is 0 Å². The Labute approximate surface area is 99.2 Å². The highest BCUT2D eigenvalue weighted by molar-refractivity contribution is 7.99.